The molecule has 1 saturated carbocycles. The molecule has 0 bridgehead atoms. The maximum Gasteiger partial charge on any atom is 0.190 e. The Morgan fingerprint density at radius 3 is 2.03 bits per heavy atom. The molecule has 3 aromatic carbocycles. The van der Waals surface area contributed by atoms with Crippen LogP contribution in [0.1, 0.15) is 75.3 Å². The predicted molar refractivity (Wildman–Crippen MR) is 149 cm³/mol. The van der Waals surface area contributed by atoms with Gasteiger partial charge >= 0.3 is 0 Å². The van der Waals surface area contributed by atoms with Crippen LogP contribution in [0.15, 0.2) is 60.7 Å². The molecule has 1 aliphatic carbocycles. The Balaban J connectivity index is 1.14. The maximum absolute atomic E-state index is 14.6. The van der Waals surface area contributed by atoms with Crippen molar-refractivity contribution < 1.29 is 23.0 Å². The molecule has 3 aromatic rings. The quantitative estimate of drug-likeness (QED) is 0.210. The molecule has 0 spiro atoms. The van der Waals surface area contributed by atoms with Crippen LogP contribution in [-0.4, -0.2) is 25.9 Å². The molecule has 0 aromatic heterocycles. The van der Waals surface area contributed by atoms with E-state index in [0.29, 0.717) is 24.5 Å². The lowest BCUT2D eigenvalue weighted by molar-refractivity contribution is 0.0188. The summed E-state index contributed by atoms with van der Waals surface area (Å²) in [5.74, 6) is -0.183. The minimum Gasteiger partial charge on any atom is -0.494 e. The second kappa shape index (κ2) is 14.3. The van der Waals surface area contributed by atoms with Gasteiger partial charge in [-0.05, 0) is 85.9 Å². The highest BCUT2D eigenvalue weighted by Crippen LogP contribution is 2.35. The molecule has 4 rings (SSSR count). The van der Waals surface area contributed by atoms with E-state index in [9.17, 15) is 8.78 Å². The highest BCUT2D eigenvalue weighted by atomic mass is 19.1. The summed E-state index contributed by atoms with van der Waals surface area (Å²) in [5.41, 5.74) is 3.73. The largest absolute Gasteiger partial charge is 0.494 e. The molecule has 0 amide bonds. The Morgan fingerprint density at radius 1 is 0.711 bits per heavy atom. The molecule has 1 fully saturated rings. The molecule has 204 valence electrons. The van der Waals surface area contributed by atoms with Crippen molar-refractivity contribution in [3.05, 3.63) is 83.4 Å². The maximum atomic E-state index is 14.6. The van der Waals surface area contributed by atoms with Gasteiger partial charge in [-0.2, -0.15) is 0 Å². The van der Waals surface area contributed by atoms with E-state index < -0.39 is 11.6 Å². The van der Waals surface area contributed by atoms with Gasteiger partial charge in [0, 0.05) is 6.42 Å². The number of unbranched alkanes of at least 4 members (excludes halogenated alkanes) is 2. The molecule has 0 aliphatic heterocycles. The Hall–Kier alpha value is -2.92. The second-order valence-electron chi connectivity index (χ2n) is 10.3. The Labute approximate surface area is 226 Å². The molecule has 0 saturated heterocycles. The molecule has 1 aliphatic rings. The molecule has 3 nitrogen and oxygen atoms in total. The number of aryl methyl sites for hydroxylation is 1. The molecule has 0 unspecified atom stereocenters. The predicted octanol–water partition coefficient (Wildman–Crippen LogP) is 9.02. The molecule has 38 heavy (non-hydrogen) atoms. The summed E-state index contributed by atoms with van der Waals surface area (Å²) >= 11 is 0. The smallest absolute Gasteiger partial charge is 0.190 e. The minimum absolute atomic E-state index is 0.208. The van der Waals surface area contributed by atoms with Crippen LogP contribution in [0.5, 0.6) is 11.5 Å². The summed E-state index contributed by atoms with van der Waals surface area (Å²) in [6.45, 7) is 5.68. The lowest BCUT2D eigenvalue weighted by atomic mass is 9.83. The number of hydrogen-bond donors (Lipinski definition) is 0. The van der Waals surface area contributed by atoms with Crippen molar-refractivity contribution in [3.8, 4) is 22.6 Å². The lowest BCUT2D eigenvalue weighted by Gasteiger charge is -2.29. The highest BCUT2D eigenvalue weighted by molar-refractivity contribution is 5.65. The first-order valence-corrected chi connectivity index (χ1v) is 14.1. The van der Waals surface area contributed by atoms with Gasteiger partial charge in [0.1, 0.15) is 5.75 Å². The Bertz CT molecular complexity index is 1100. The first-order valence-electron chi connectivity index (χ1n) is 14.1. The number of rotatable bonds is 13. The Morgan fingerprint density at radius 2 is 1.37 bits per heavy atom. The molecule has 0 radical (unpaired) electrons. The van der Waals surface area contributed by atoms with Gasteiger partial charge in [-0.1, -0.05) is 61.7 Å². The van der Waals surface area contributed by atoms with Crippen LogP contribution < -0.4 is 9.47 Å². The van der Waals surface area contributed by atoms with Crippen LogP contribution in [0.2, 0.25) is 0 Å². The van der Waals surface area contributed by atoms with E-state index >= 15 is 0 Å². The van der Waals surface area contributed by atoms with Crippen LogP contribution >= 0.6 is 0 Å². The SMILES string of the molecule is CCCCCOc1ccc(C2CCC(OCCCOc3c(F)cc(-c4ccc(C)cc4)cc3F)CC2)cc1. The molecule has 5 heteroatoms. The number of ether oxygens (including phenoxy) is 3. The summed E-state index contributed by atoms with van der Waals surface area (Å²) in [6.07, 6.45) is 8.55. The van der Waals surface area contributed by atoms with Crippen molar-refractivity contribution in [1.29, 1.82) is 0 Å². The summed E-state index contributed by atoms with van der Waals surface area (Å²) in [4.78, 5) is 0. The molecule has 0 N–H and O–H groups in total. The standard InChI is InChI=1S/C33H40F2O3/c1-3-4-5-19-36-29-15-11-25(12-16-29)26-13-17-30(18-14-26)37-20-6-21-38-33-31(34)22-28(23-32(33)35)27-9-7-24(2)8-10-27/h7-12,15-16,22-23,26,30H,3-6,13-14,17-21H2,1-2H3. The molecular formula is C33H40F2O3. The van der Waals surface area contributed by atoms with Crippen molar-refractivity contribution >= 4 is 0 Å². The van der Waals surface area contributed by atoms with Crippen molar-refractivity contribution in [2.45, 2.75) is 77.2 Å². The van der Waals surface area contributed by atoms with Gasteiger partial charge in [0.05, 0.1) is 25.9 Å². The average Bonchev–Trinajstić information content (AvgIpc) is 2.93. The van der Waals surface area contributed by atoms with Gasteiger partial charge in [-0.3, -0.25) is 0 Å². The topological polar surface area (TPSA) is 27.7 Å². The second-order valence-corrected chi connectivity index (χ2v) is 10.3. The summed E-state index contributed by atoms with van der Waals surface area (Å²) in [7, 11) is 0. The highest BCUT2D eigenvalue weighted by Gasteiger charge is 2.23. The van der Waals surface area contributed by atoms with E-state index in [1.54, 1.807) is 0 Å². The first kappa shape index (κ1) is 28.1. The normalized spacial score (nSPS) is 17.4. The van der Waals surface area contributed by atoms with E-state index in [0.717, 1.165) is 55.6 Å². The van der Waals surface area contributed by atoms with Crippen molar-refractivity contribution in [2.75, 3.05) is 19.8 Å². The number of halogens is 2. The third-order valence-corrected chi connectivity index (χ3v) is 7.31. The van der Waals surface area contributed by atoms with Gasteiger partial charge in [0.15, 0.2) is 17.4 Å². The van der Waals surface area contributed by atoms with E-state index in [4.69, 9.17) is 14.2 Å². The first-order chi connectivity index (χ1) is 18.5. The zero-order valence-electron chi connectivity index (χ0n) is 22.7. The zero-order valence-corrected chi connectivity index (χ0v) is 22.7. The van der Waals surface area contributed by atoms with Gasteiger partial charge < -0.3 is 14.2 Å². The van der Waals surface area contributed by atoms with Gasteiger partial charge in [0.2, 0.25) is 0 Å². The van der Waals surface area contributed by atoms with Crippen LogP contribution in [-0.2, 0) is 4.74 Å². The fraction of sp³-hybridized carbons (Fsp3) is 0.455. The van der Waals surface area contributed by atoms with Gasteiger partial charge in [-0.25, -0.2) is 8.78 Å². The molecule has 0 atom stereocenters. The minimum atomic E-state index is -0.684. The van der Waals surface area contributed by atoms with Gasteiger partial charge in [0.25, 0.3) is 0 Å². The lowest BCUT2D eigenvalue weighted by Crippen LogP contribution is -2.22. The van der Waals surface area contributed by atoms with Crippen molar-refractivity contribution in [3.63, 3.8) is 0 Å². The van der Waals surface area contributed by atoms with E-state index in [1.807, 2.05) is 31.2 Å². The number of hydrogen-bond acceptors (Lipinski definition) is 3. The van der Waals surface area contributed by atoms with Crippen LogP contribution in [0.3, 0.4) is 0 Å². The third-order valence-electron chi connectivity index (χ3n) is 7.31. The van der Waals surface area contributed by atoms with Crippen molar-refractivity contribution in [1.82, 2.24) is 0 Å². The average molecular weight is 523 g/mol. The zero-order chi connectivity index (χ0) is 26.7. The van der Waals surface area contributed by atoms with Crippen molar-refractivity contribution in [2.24, 2.45) is 0 Å². The van der Waals surface area contributed by atoms with E-state index in [-0.39, 0.29) is 18.5 Å². The van der Waals surface area contributed by atoms with Gasteiger partial charge in [-0.15, -0.1) is 0 Å². The fourth-order valence-electron chi connectivity index (χ4n) is 5.03. The van der Waals surface area contributed by atoms with Crippen LogP contribution in [0.4, 0.5) is 8.78 Å². The number of benzene rings is 3. The molecular weight excluding hydrogens is 482 g/mol. The fourth-order valence-corrected chi connectivity index (χ4v) is 5.03. The summed E-state index contributed by atoms with van der Waals surface area (Å²) in [6, 6.07) is 18.8. The Kier molecular flexibility index (Phi) is 10.6. The molecule has 0 heterocycles. The van der Waals surface area contributed by atoms with E-state index in [2.05, 4.69) is 31.2 Å². The monoisotopic (exact) mass is 522 g/mol. The van der Waals surface area contributed by atoms with Crippen LogP contribution in [0.25, 0.3) is 11.1 Å². The van der Waals surface area contributed by atoms with Crippen LogP contribution in [0, 0.1) is 18.6 Å². The summed E-state index contributed by atoms with van der Waals surface area (Å²) < 4.78 is 46.4. The third kappa shape index (κ3) is 8.04. The van der Waals surface area contributed by atoms with E-state index in [1.165, 1.54) is 30.5 Å². The summed E-state index contributed by atoms with van der Waals surface area (Å²) in [5, 5.41) is 0.